The highest BCUT2D eigenvalue weighted by molar-refractivity contribution is 6.00. The van der Waals surface area contributed by atoms with Crippen molar-refractivity contribution in [2.24, 2.45) is 5.92 Å². The van der Waals surface area contributed by atoms with Crippen LogP contribution in [0.1, 0.15) is 30.1 Å². The minimum absolute atomic E-state index is 0.0526. The lowest BCUT2D eigenvalue weighted by atomic mass is 10.1. The van der Waals surface area contributed by atoms with Gasteiger partial charge in [-0.2, -0.15) is 0 Å². The fourth-order valence-electron chi connectivity index (χ4n) is 1.85. The van der Waals surface area contributed by atoms with Crippen LogP contribution in [0.5, 0.6) is 0 Å². The van der Waals surface area contributed by atoms with Crippen LogP contribution in [0.4, 0.5) is 11.4 Å². The Labute approximate surface area is 112 Å². The third-order valence-electron chi connectivity index (χ3n) is 3.13. The predicted octanol–water partition coefficient (Wildman–Crippen LogP) is 1.41. The van der Waals surface area contributed by atoms with E-state index in [1.54, 1.807) is 12.1 Å². The highest BCUT2D eigenvalue weighted by Gasteiger charge is 2.28. The first-order valence-corrected chi connectivity index (χ1v) is 6.50. The minimum atomic E-state index is -0.0526. The minimum Gasteiger partial charge on any atom is -0.398 e. The fourth-order valence-corrected chi connectivity index (χ4v) is 1.85. The Morgan fingerprint density at radius 2 is 2.05 bits per heavy atom. The Balaban J connectivity index is 1.80. The first-order chi connectivity index (χ1) is 9.08. The summed E-state index contributed by atoms with van der Waals surface area (Å²) in [5.74, 6) is 0.326. The molecule has 5 nitrogen and oxygen atoms in total. The molecule has 0 spiro atoms. The van der Waals surface area contributed by atoms with Crippen molar-refractivity contribution in [3.05, 3.63) is 23.8 Å². The van der Waals surface area contributed by atoms with E-state index in [4.69, 9.17) is 5.73 Å². The average Bonchev–Trinajstić information content (AvgIpc) is 3.20. The van der Waals surface area contributed by atoms with Crippen LogP contribution in [0.3, 0.4) is 0 Å². The van der Waals surface area contributed by atoms with Gasteiger partial charge in [0.25, 0.3) is 0 Å². The molecule has 0 bridgehead atoms. The van der Waals surface area contributed by atoms with Gasteiger partial charge < -0.3 is 16.4 Å². The van der Waals surface area contributed by atoms with Gasteiger partial charge in [0.1, 0.15) is 0 Å². The lowest BCUT2D eigenvalue weighted by molar-refractivity contribution is -0.122. The van der Waals surface area contributed by atoms with Gasteiger partial charge in [0.2, 0.25) is 5.91 Å². The highest BCUT2D eigenvalue weighted by Crippen LogP contribution is 2.28. The van der Waals surface area contributed by atoms with E-state index in [-0.39, 0.29) is 17.6 Å². The normalized spacial score (nSPS) is 13.9. The van der Waals surface area contributed by atoms with Gasteiger partial charge in [0.05, 0.1) is 0 Å². The number of ketones is 1. The Bertz CT molecular complexity index is 495. The molecule has 2 rings (SSSR count). The SMILES string of the molecule is CC(=O)c1cc(NCCNC(=O)C2CC2)ccc1N. The lowest BCUT2D eigenvalue weighted by Gasteiger charge is -2.10. The summed E-state index contributed by atoms with van der Waals surface area (Å²) in [7, 11) is 0. The molecule has 1 aliphatic rings. The lowest BCUT2D eigenvalue weighted by Crippen LogP contribution is -2.29. The van der Waals surface area contributed by atoms with Gasteiger partial charge in [0.15, 0.2) is 5.78 Å². The number of amides is 1. The quantitative estimate of drug-likeness (QED) is 0.410. The molecule has 1 amide bonds. The molecule has 1 aliphatic carbocycles. The number of hydrogen-bond acceptors (Lipinski definition) is 4. The summed E-state index contributed by atoms with van der Waals surface area (Å²) in [6.07, 6.45) is 2.03. The molecule has 0 atom stereocenters. The number of anilines is 2. The zero-order chi connectivity index (χ0) is 13.8. The third kappa shape index (κ3) is 3.71. The van der Waals surface area contributed by atoms with Crippen molar-refractivity contribution in [3.8, 4) is 0 Å². The van der Waals surface area contributed by atoms with Crippen LogP contribution in [-0.2, 0) is 4.79 Å². The van der Waals surface area contributed by atoms with E-state index in [0.29, 0.717) is 24.3 Å². The third-order valence-corrected chi connectivity index (χ3v) is 3.13. The maximum atomic E-state index is 11.4. The van der Waals surface area contributed by atoms with Crippen LogP contribution in [0.2, 0.25) is 0 Å². The van der Waals surface area contributed by atoms with Crippen molar-refractivity contribution in [3.63, 3.8) is 0 Å². The number of nitrogens with one attached hydrogen (secondary N) is 2. The van der Waals surface area contributed by atoms with Gasteiger partial charge in [-0.1, -0.05) is 0 Å². The van der Waals surface area contributed by atoms with Crippen molar-refractivity contribution in [1.29, 1.82) is 0 Å². The van der Waals surface area contributed by atoms with Gasteiger partial charge >= 0.3 is 0 Å². The zero-order valence-electron chi connectivity index (χ0n) is 11.0. The van der Waals surface area contributed by atoms with Crippen molar-refractivity contribution in [2.75, 3.05) is 24.1 Å². The summed E-state index contributed by atoms with van der Waals surface area (Å²) >= 11 is 0. The van der Waals surface area contributed by atoms with E-state index < -0.39 is 0 Å². The highest BCUT2D eigenvalue weighted by atomic mass is 16.2. The molecule has 0 unspecified atom stereocenters. The van der Waals surface area contributed by atoms with Gasteiger partial charge in [-0.3, -0.25) is 9.59 Å². The smallest absolute Gasteiger partial charge is 0.223 e. The van der Waals surface area contributed by atoms with Gasteiger partial charge in [0, 0.05) is 35.9 Å². The summed E-state index contributed by atoms with van der Waals surface area (Å²) in [5, 5.41) is 6.03. The Morgan fingerprint density at radius 3 is 2.68 bits per heavy atom. The van der Waals surface area contributed by atoms with E-state index in [2.05, 4.69) is 10.6 Å². The number of Topliss-reactive ketones (excluding diaryl/α,β-unsaturated/α-hetero) is 1. The number of carbonyl (C=O) groups excluding carboxylic acids is 2. The Hall–Kier alpha value is -2.04. The Morgan fingerprint density at radius 1 is 1.32 bits per heavy atom. The number of hydrogen-bond donors (Lipinski definition) is 3. The fraction of sp³-hybridized carbons (Fsp3) is 0.429. The van der Waals surface area contributed by atoms with Crippen molar-refractivity contribution >= 4 is 23.1 Å². The van der Waals surface area contributed by atoms with Crippen LogP contribution in [0, 0.1) is 5.92 Å². The molecule has 5 heteroatoms. The summed E-state index contributed by atoms with van der Waals surface area (Å²) in [4.78, 5) is 22.8. The molecule has 1 aromatic rings. The van der Waals surface area contributed by atoms with Gasteiger partial charge in [-0.05, 0) is 38.0 Å². The molecule has 0 saturated heterocycles. The maximum absolute atomic E-state index is 11.4. The summed E-state index contributed by atoms with van der Waals surface area (Å²) in [6, 6.07) is 5.27. The summed E-state index contributed by atoms with van der Waals surface area (Å²) in [6.45, 7) is 2.69. The van der Waals surface area contributed by atoms with E-state index >= 15 is 0 Å². The first-order valence-electron chi connectivity index (χ1n) is 6.50. The molecular formula is C14H19N3O2. The van der Waals surface area contributed by atoms with Crippen LogP contribution in [-0.4, -0.2) is 24.8 Å². The molecule has 0 heterocycles. The second-order valence-corrected chi connectivity index (χ2v) is 4.85. The molecule has 1 fully saturated rings. The molecule has 1 aromatic carbocycles. The summed E-state index contributed by atoms with van der Waals surface area (Å²) in [5.41, 5.74) is 7.56. The molecule has 0 aromatic heterocycles. The average molecular weight is 261 g/mol. The molecule has 0 aliphatic heterocycles. The van der Waals surface area contributed by atoms with E-state index in [1.165, 1.54) is 6.92 Å². The van der Waals surface area contributed by atoms with E-state index in [9.17, 15) is 9.59 Å². The number of benzene rings is 1. The zero-order valence-corrected chi connectivity index (χ0v) is 11.0. The van der Waals surface area contributed by atoms with Crippen molar-refractivity contribution in [2.45, 2.75) is 19.8 Å². The standard InChI is InChI=1S/C14H19N3O2/c1-9(18)12-8-11(4-5-13(12)15)16-6-7-17-14(19)10-2-3-10/h4-5,8,10,16H,2-3,6-7,15H2,1H3,(H,17,19). The molecular weight excluding hydrogens is 242 g/mol. The number of nitrogen functional groups attached to an aromatic ring is 1. The van der Waals surface area contributed by atoms with Gasteiger partial charge in [-0.25, -0.2) is 0 Å². The molecule has 19 heavy (non-hydrogen) atoms. The first kappa shape index (κ1) is 13.4. The molecule has 1 saturated carbocycles. The second-order valence-electron chi connectivity index (χ2n) is 4.85. The molecule has 0 radical (unpaired) electrons. The largest absolute Gasteiger partial charge is 0.398 e. The van der Waals surface area contributed by atoms with E-state index in [1.807, 2.05) is 6.07 Å². The second kappa shape index (κ2) is 5.73. The van der Waals surface area contributed by atoms with Crippen molar-refractivity contribution < 1.29 is 9.59 Å². The number of carbonyl (C=O) groups is 2. The van der Waals surface area contributed by atoms with Crippen LogP contribution in [0.25, 0.3) is 0 Å². The predicted molar refractivity (Wildman–Crippen MR) is 75.1 cm³/mol. The topological polar surface area (TPSA) is 84.2 Å². The van der Waals surface area contributed by atoms with Crippen LogP contribution < -0.4 is 16.4 Å². The molecule has 102 valence electrons. The van der Waals surface area contributed by atoms with Crippen molar-refractivity contribution in [1.82, 2.24) is 5.32 Å². The van der Waals surface area contributed by atoms with Gasteiger partial charge in [-0.15, -0.1) is 0 Å². The van der Waals surface area contributed by atoms with Crippen LogP contribution >= 0.6 is 0 Å². The maximum Gasteiger partial charge on any atom is 0.223 e. The summed E-state index contributed by atoms with van der Waals surface area (Å²) < 4.78 is 0. The van der Waals surface area contributed by atoms with Crippen LogP contribution in [0.15, 0.2) is 18.2 Å². The Kier molecular flexibility index (Phi) is 4.04. The monoisotopic (exact) mass is 261 g/mol. The molecule has 4 N–H and O–H groups in total. The number of nitrogens with two attached hydrogens (primary N) is 1. The van der Waals surface area contributed by atoms with E-state index in [0.717, 1.165) is 18.5 Å². The number of rotatable bonds is 6.